The summed E-state index contributed by atoms with van der Waals surface area (Å²) in [6, 6.07) is 7.37. The Bertz CT molecular complexity index is 436. The van der Waals surface area contributed by atoms with Crippen molar-refractivity contribution < 1.29 is 9.53 Å². The molecule has 1 aliphatic rings. The summed E-state index contributed by atoms with van der Waals surface area (Å²) in [6.07, 6.45) is 3.51. The van der Waals surface area contributed by atoms with Crippen molar-refractivity contribution in [3.8, 4) is 5.75 Å². The number of nitrogens with two attached hydrogens (primary N) is 1. The van der Waals surface area contributed by atoms with Crippen LogP contribution >= 0.6 is 0 Å². The van der Waals surface area contributed by atoms with Gasteiger partial charge in [-0.05, 0) is 50.1 Å². The van der Waals surface area contributed by atoms with Crippen LogP contribution < -0.4 is 15.8 Å². The van der Waals surface area contributed by atoms with Crippen molar-refractivity contribution in [1.29, 1.82) is 0 Å². The van der Waals surface area contributed by atoms with Crippen LogP contribution in [0.4, 0.5) is 0 Å². The SMILES string of the molecule is CCC(=O)c1ccc(OCCC[C@]2(N)CCNC2)cc1. The normalized spacial score (nSPS) is 21.9. The van der Waals surface area contributed by atoms with Gasteiger partial charge in [-0.15, -0.1) is 0 Å². The summed E-state index contributed by atoms with van der Waals surface area (Å²) in [5.74, 6) is 0.976. The zero-order chi connectivity index (χ0) is 14.4. The highest BCUT2D eigenvalue weighted by Crippen LogP contribution is 2.18. The molecule has 0 saturated carbocycles. The van der Waals surface area contributed by atoms with E-state index in [1.54, 1.807) is 0 Å². The topological polar surface area (TPSA) is 64.3 Å². The fourth-order valence-electron chi connectivity index (χ4n) is 2.53. The van der Waals surface area contributed by atoms with Crippen molar-refractivity contribution in [3.63, 3.8) is 0 Å². The first-order valence-corrected chi connectivity index (χ1v) is 7.39. The summed E-state index contributed by atoms with van der Waals surface area (Å²) in [5, 5.41) is 3.30. The average Bonchev–Trinajstić information content (AvgIpc) is 2.90. The molecule has 4 heteroatoms. The molecule has 3 N–H and O–H groups in total. The van der Waals surface area contributed by atoms with E-state index < -0.39 is 0 Å². The van der Waals surface area contributed by atoms with Gasteiger partial charge >= 0.3 is 0 Å². The van der Waals surface area contributed by atoms with Crippen LogP contribution in [0.3, 0.4) is 0 Å². The predicted molar refractivity (Wildman–Crippen MR) is 80.2 cm³/mol. The minimum atomic E-state index is -0.0548. The Hall–Kier alpha value is -1.39. The number of rotatable bonds is 7. The smallest absolute Gasteiger partial charge is 0.162 e. The van der Waals surface area contributed by atoms with E-state index in [2.05, 4.69) is 5.32 Å². The maximum Gasteiger partial charge on any atom is 0.162 e. The standard InChI is InChI=1S/C16H24N2O2/c1-2-15(19)13-4-6-14(7-5-13)20-11-3-8-16(17)9-10-18-12-16/h4-7,18H,2-3,8-12,17H2,1H3/t16-/m0/s1. The molecular weight excluding hydrogens is 252 g/mol. The van der Waals surface area contributed by atoms with Crippen molar-refractivity contribution in [1.82, 2.24) is 5.32 Å². The second-order valence-corrected chi connectivity index (χ2v) is 5.54. The molecule has 4 nitrogen and oxygen atoms in total. The van der Waals surface area contributed by atoms with Gasteiger partial charge in [0.2, 0.25) is 0 Å². The van der Waals surface area contributed by atoms with Gasteiger partial charge in [0.25, 0.3) is 0 Å². The molecule has 0 aliphatic carbocycles. The zero-order valence-corrected chi connectivity index (χ0v) is 12.2. The summed E-state index contributed by atoms with van der Waals surface area (Å²) in [6.45, 7) is 4.46. The molecule has 1 aromatic rings. The monoisotopic (exact) mass is 276 g/mol. The van der Waals surface area contributed by atoms with E-state index >= 15 is 0 Å². The quantitative estimate of drug-likeness (QED) is 0.591. The number of carbonyl (C=O) groups excluding carboxylic acids is 1. The van der Waals surface area contributed by atoms with E-state index in [0.29, 0.717) is 13.0 Å². The third-order valence-electron chi connectivity index (χ3n) is 3.86. The minimum absolute atomic E-state index is 0.0548. The third-order valence-corrected chi connectivity index (χ3v) is 3.86. The van der Waals surface area contributed by atoms with E-state index in [9.17, 15) is 4.79 Å². The number of ether oxygens (including phenoxy) is 1. The maximum absolute atomic E-state index is 11.5. The number of hydrogen-bond acceptors (Lipinski definition) is 4. The minimum Gasteiger partial charge on any atom is -0.494 e. The Labute approximate surface area is 120 Å². The zero-order valence-electron chi connectivity index (χ0n) is 12.2. The van der Waals surface area contributed by atoms with Crippen LogP contribution in [0.2, 0.25) is 0 Å². The Morgan fingerprint density at radius 1 is 1.40 bits per heavy atom. The second kappa shape index (κ2) is 6.86. The van der Waals surface area contributed by atoms with Gasteiger partial charge in [0, 0.05) is 24.1 Å². The Morgan fingerprint density at radius 2 is 2.15 bits per heavy atom. The van der Waals surface area contributed by atoms with Gasteiger partial charge in [-0.3, -0.25) is 4.79 Å². The van der Waals surface area contributed by atoms with E-state index in [1.165, 1.54) is 0 Å². The number of carbonyl (C=O) groups is 1. The lowest BCUT2D eigenvalue weighted by atomic mass is 9.94. The molecule has 2 rings (SSSR count). The van der Waals surface area contributed by atoms with Gasteiger partial charge in [0.15, 0.2) is 5.78 Å². The molecule has 1 aliphatic heterocycles. The molecule has 1 saturated heterocycles. The highest BCUT2D eigenvalue weighted by Gasteiger charge is 2.28. The van der Waals surface area contributed by atoms with Crippen LogP contribution in [0.15, 0.2) is 24.3 Å². The van der Waals surface area contributed by atoms with Crippen LogP contribution in [0, 0.1) is 0 Å². The molecule has 0 aromatic heterocycles. The molecule has 1 fully saturated rings. The predicted octanol–water partition coefficient (Wildman–Crippen LogP) is 2.13. The highest BCUT2D eigenvalue weighted by molar-refractivity contribution is 5.95. The number of nitrogens with one attached hydrogen (secondary N) is 1. The number of ketones is 1. The summed E-state index contributed by atoms with van der Waals surface area (Å²) in [4.78, 5) is 11.5. The lowest BCUT2D eigenvalue weighted by Crippen LogP contribution is -2.42. The first kappa shape index (κ1) is 15.0. The van der Waals surface area contributed by atoms with E-state index in [4.69, 9.17) is 10.5 Å². The van der Waals surface area contributed by atoms with E-state index in [0.717, 1.165) is 43.7 Å². The van der Waals surface area contributed by atoms with Gasteiger partial charge in [-0.2, -0.15) is 0 Å². The second-order valence-electron chi connectivity index (χ2n) is 5.54. The largest absolute Gasteiger partial charge is 0.494 e. The molecule has 1 heterocycles. The lowest BCUT2D eigenvalue weighted by Gasteiger charge is -2.22. The fourth-order valence-corrected chi connectivity index (χ4v) is 2.53. The Morgan fingerprint density at radius 3 is 2.75 bits per heavy atom. The molecule has 0 amide bonds. The average molecular weight is 276 g/mol. The molecule has 110 valence electrons. The maximum atomic E-state index is 11.5. The molecular formula is C16H24N2O2. The van der Waals surface area contributed by atoms with Crippen LogP contribution in [-0.4, -0.2) is 31.0 Å². The molecule has 0 unspecified atom stereocenters. The molecule has 0 bridgehead atoms. The Kier molecular flexibility index (Phi) is 5.15. The first-order valence-electron chi connectivity index (χ1n) is 7.39. The summed E-state index contributed by atoms with van der Waals surface area (Å²) in [7, 11) is 0. The van der Waals surface area contributed by atoms with Crippen molar-refractivity contribution in [2.24, 2.45) is 5.73 Å². The summed E-state index contributed by atoms with van der Waals surface area (Å²) < 4.78 is 5.69. The van der Waals surface area contributed by atoms with Crippen molar-refractivity contribution >= 4 is 5.78 Å². The Balaban J connectivity index is 1.72. The van der Waals surface area contributed by atoms with Crippen LogP contribution in [0.25, 0.3) is 0 Å². The number of hydrogen-bond donors (Lipinski definition) is 2. The van der Waals surface area contributed by atoms with Crippen LogP contribution in [0.5, 0.6) is 5.75 Å². The molecule has 20 heavy (non-hydrogen) atoms. The van der Waals surface area contributed by atoms with E-state index in [-0.39, 0.29) is 11.3 Å². The third kappa shape index (κ3) is 4.05. The van der Waals surface area contributed by atoms with Gasteiger partial charge in [-0.25, -0.2) is 0 Å². The fraction of sp³-hybridized carbons (Fsp3) is 0.562. The van der Waals surface area contributed by atoms with Gasteiger partial charge < -0.3 is 15.8 Å². The van der Waals surface area contributed by atoms with E-state index in [1.807, 2.05) is 31.2 Å². The summed E-state index contributed by atoms with van der Waals surface area (Å²) in [5.41, 5.74) is 6.94. The molecule has 0 radical (unpaired) electrons. The first-order chi connectivity index (χ1) is 9.63. The number of benzene rings is 1. The molecule has 0 spiro atoms. The van der Waals surface area contributed by atoms with Crippen LogP contribution in [0.1, 0.15) is 43.0 Å². The van der Waals surface area contributed by atoms with Crippen molar-refractivity contribution in [2.45, 2.75) is 38.1 Å². The summed E-state index contributed by atoms with van der Waals surface area (Å²) >= 11 is 0. The molecule has 1 aromatic carbocycles. The number of Topliss-reactive ketones (excluding diaryl/α,β-unsaturated/α-hetero) is 1. The highest BCUT2D eigenvalue weighted by atomic mass is 16.5. The molecule has 1 atom stereocenters. The van der Waals surface area contributed by atoms with Gasteiger partial charge in [0.05, 0.1) is 6.61 Å². The van der Waals surface area contributed by atoms with Crippen molar-refractivity contribution in [3.05, 3.63) is 29.8 Å². The van der Waals surface area contributed by atoms with Gasteiger partial charge in [-0.1, -0.05) is 6.92 Å². The van der Waals surface area contributed by atoms with Crippen LogP contribution in [-0.2, 0) is 0 Å². The van der Waals surface area contributed by atoms with Gasteiger partial charge in [0.1, 0.15) is 5.75 Å². The van der Waals surface area contributed by atoms with Crippen molar-refractivity contribution in [2.75, 3.05) is 19.7 Å². The lowest BCUT2D eigenvalue weighted by molar-refractivity contribution is 0.0988.